The van der Waals surface area contributed by atoms with Crippen LogP contribution in [-0.4, -0.2) is 41.2 Å². The molecule has 1 atom stereocenters. The number of morpholine rings is 1. The van der Waals surface area contributed by atoms with Crippen LogP contribution in [-0.2, 0) is 11.8 Å². The molecule has 3 rings (SSSR count). The molecule has 0 aliphatic carbocycles. The van der Waals surface area contributed by atoms with Crippen LogP contribution >= 0.6 is 11.6 Å². The quantitative estimate of drug-likeness (QED) is 0.810. The molecule has 1 fully saturated rings. The van der Waals surface area contributed by atoms with E-state index in [1.54, 1.807) is 0 Å². The summed E-state index contributed by atoms with van der Waals surface area (Å²) >= 11 is 6.42. The smallest absolute Gasteiger partial charge is 0.272 e. The van der Waals surface area contributed by atoms with Gasteiger partial charge in [-0.05, 0) is 13.0 Å². The SMILES string of the molecule is CC1COCCN1C(=O)c1c(Cl)c2ccccc2n1C. The number of carbonyl (C=O) groups is 1. The first-order chi connectivity index (χ1) is 9.61. The molecule has 0 N–H and O–H groups in total. The van der Waals surface area contributed by atoms with Gasteiger partial charge in [-0.1, -0.05) is 29.8 Å². The molecule has 106 valence electrons. The van der Waals surface area contributed by atoms with E-state index >= 15 is 0 Å². The van der Waals surface area contributed by atoms with Gasteiger partial charge >= 0.3 is 0 Å². The molecule has 0 spiro atoms. The van der Waals surface area contributed by atoms with Gasteiger partial charge in [0.1, 0.15) is 5.69 Å². The minimum Gasteiger partial charge on any atom is -0.377 e. The Morgan fingerprint density at radius 2 is 2.15 bits per heavy atom. The number of aromatic nitrogens is 1. The normalized spacial score (nSPS) is 19.6. The van der Waals surface area contributed by atoms with E-state index in [0.29, 0.717) is 30.5 Å². The van der Waals surface area contributed by atoms with Gasteiger partial charge in [0.05, 0.1) is 24.3 Å². The Balaban J connectivity index is 2.07. The predicted octanol–water partition coefficient (Wildman–Crippen LogP) is 2.69. The summed E-state index contributed by atoms with van der Waals surface area (Å²) in [4.78, 5) is 14.6. The van der Waals surface area contributed by atoms with E-state index in [1.807, 2.05) is 47.7 Å². The van der Waals surface area contributed by atoms with E-state index in [2.05, 4.69) is 0 Å². The molecular formula is C15H17ClN2O2. The molecule has 1 unspecified atom stereocenters. The highest BCUT2D eigenvalue weighted by Crippen LogP contribution is 2.31. The highest BCUT2D eigenvalue weighted by atomic mass is 35.5. The number of nitrogens with zero attached hydrogens (tertiary/aromatic N) is 2. The van der Waals surface area contributed by atoms with Gasteiger partial charge in [-0.25, -0.2) is 0 Å². The largest absolute Gasteiger partial charge is 0.377 e. The van der Waals surface area contributed by atoms with Crippen LogP contribution in [0.25, 0.3) is 10.9 Å². The van der Waals surface area contributed by atoms with Gasteiger partial charge < -0.3 is 14.2 Å². The van der Waals surface area contributed by atoms with Crippen molar-refractivity contribution in [3.05, 3.63) is 35.0 Å². The monoisotopic (exact) mass is 292 g/mol. The molecule has 1 aromatic carbocycles. The van der Waals surface area contributed by atoms with E-state index in [4.69, 9.17) is 16.3 Å². The molecule has 1 aliphatic heterocycles. The lowest BCUT2D eigenvalue weighted by Crippen LogP contribution is -2.47. The summed E-state index contributed by atoms with van der Waals surface area (Å²) in [5.74, 6) is -0.0236. The zero-order valence-electron chi connectivity index (χ0n) is 11.6. The standard InChI is InChI=1S/C15H17ClN2O2/c1-10-9-20-8-7-18(10)15(19)14-13(16)11-5-3-4-6-12(11)17(14)2/h3-6,10H,7-9H2,1-2H3. The second-order valence-electron chi connectivity index (χ2n) is 5.16. The number of fused-ring (bicyclic) bond motifs is 1. The lowest BCUT2D eigenvalue weighted by molar-refractivity contribution is 0.00311. The van der Waals surface area contributed by atoms with Crippen molar-refractivity contribution in [2.45, 2.75) is 13.0 Å². The van der Waals surface area contributed by atoms with Gasteiger partial charge in [0.15, 0.2) is 0 Å². The van der Waals surface area contributed by atoms with Crippen molar-refractivity contribution in [3.63, 3.8) is 0 Å². The number of halogens is 1. The van der Waals surface area contributed by atoms with Gasteiger partial charge in [0, 0.05) is 24.5 Å². The Morgan fingerprint density at radius 3 is 2.85 bits per heavy atom. The third kappa shape index (κ3) is 2.00. The summed E-state index contributed by atoms with van der Waals surface area (Å²) in [7, 11) is 1.88. The molecule has 2 aromatic rings. The summed E-state index contributed by atoms with van der Waals surface area (Å²) < 4.78 is 7.26. The molecule has 20 heavy (non-hydrogen) atoms. The molecule has 0 radical (unpaired) electrons. The molecule has 0 saturated carbocycles. The fourth-order valence-electron chi connectivity index (χ4n) is 2.75. The minimum atomic E-state index is -0.0236. The van der Waals surface area contributed by atoms with Crippen LogP contribution in [0.4, 0.5) is 0 Å². The van der Waals surface area contributed by atoms with Crippen LogP contribution in [0.3, 0.4) is 0 Å². The van der Waals surface area contributed by atoms with Gasteiger partial charge in [0.2, 0.25) is 0 Å². The molecule has 5 heteroatoms. The number of carbonyl (C=O) groups excluding carboxylic acids is 1. The van der Waals surface area contributed by atoms with Crippen molar-refractivity contribution in [1.82, 2.24) is 9.47 Å². The number of ether oxygens (including phenoxy) is 1. The third-order valence-corrected chi connectivity index (χ3v) is 4.26. The van der Waals surface area contributed by atoms with Crippen molar-refractivity contribution < 1.29 is 9.53 Å². The minimum absolute atomic E-state index is 0.0236. The van der Waals surface area contributed by atoms with Crippen LogP contribution in [0.2, 0.25) is 5.02 Å². The average molecular weight is 293 g/mol. The molecule has 1 aliphatic rings. The Hall–Kier alpha value is -1.52. The van der Waals surface area contributed by atoms with E-state index in [9.17, 15) is 4.79 Å². The van der Waals surface area contributed by atoms with E-state index in [0.717, 1.165) is 10.9 Å². The van der Waals surface area contributed by atoms with Crippen LogP contribution in [0.15, 0.2) is 24.3 Å². The van der Waals surface area contributed by atoms with Crippen LogP contribution in [0.5, 0.6) is 0 Å². The number of para-hydroxylation sites is 1. The lowest BCUT2D eigenvalue weighted by Gasteiger charge is -2.33. The summed E-state index contributed by atoms with van der Waals surface area (Å²) in [6.07, 6.45) is 0. The average Bonchev–Trinajstić information content (AvgIpc) is 2.71. The van der Waals surface area contributed by atoms with Crippen molar-refractivity contribution in [2.24, 2.45) is 7.05 Å². The third-order valence-electron chi connectivity index (χ3n) is 3.88. The number of hydrogen-bond acceptors (Lipinski definition) is 2. The van der Waals surface area contributed by atoms with Crippen LogP contribution in [0.1, 0.15) is 17.4 Å². The summed E-state index contributed by atoms with van der Waals surface area (Å²) in [5, 5.41) is 1.45. The highest BCUT2D eigenvalue weighted by Gasteiger charge is 2.29. The van der Waals surface area contributed by atoms with E-state index in [1.165, 1.54) is 0 Å². The first kappa shape index (κ1) is 13.5. The summed E-state index contributed by atoms with van der Waals surface area (Å²) in [6, 6.07) is 7.87. The predicted molar refractivity (Wildman–Crippen MR) is 79.2 cm³/mol. The molecule has 0 bridgehead atoms. The van der Waals surface area contributed by atoms with Crippen molar-refractivity contribution in [3.8, 4) is 0 Å². The Labute approximate surface area is 122 Å². The molecule has 4 nitrogen and oxygen atoms in total. The first-order valence-electron chi connectivity index (χ1n) is 6.73. The zero-order valence-corrected chi connectivity index (χ0v) is 12.4. The Kier molecular flexibility index (Phi) is 3.44. The maximum atomic E-state index is 12.8. The van der Waals surface area contributed by atoms with Gasteiger partial charge in [-0.15, -0.1) is 0 Å². The van der Waals surface area contributed by atoms with Crippen molar-refractivity contribution in [2.75, 3.05) is 19.8 Å². The van der Waals surface area contributed by atoms with Crippen LogP contribution < -0.4 is 0 Å². The number of hydrogen-bond donors (Lipinski definition) is 0. The van der Waals surface area contributed by atoms with E-state index in [-0.39, 0.29) is 11.9 Å². The van der Waals surface area contributed by atoms with Gasteiger partial charge in [0.25, 0.3) is 5.91 Å². The summed E-state index contributed by atoms with van der Waals surface area (Å²) in [5.41, 5.74) is 1.53. The maximum Gasteiger partial charge on any atom is 0.272 e. The number of amides is 1. The maximum absolute atomic E-state index is 12.8. The summed E-state index contributed by atoms with van der Waals surface area (Å²) in [6.45, 7) is 3.76. The van der Waals surface area contributed by atoms with Crippen molar-refractivity contribution in [1.29, 1.82) is 0 Å². The number of benzene rings is 1. The molecule has 1 amide bonds. The number of aryl methyl sites for hydroxylation is 1. The zero-order chi connectivity index (χ0) is 14.3. The second kappa shape index (κ2) is 5.11. The number of rotatable bonds is 1. The topological polar surface area (TPSA) is 34.5 Å². The molecule has 1 aromatic heterocycles. The Bertz CT molecular complexity index is 626. The fraction of sp³-hybridized carbons (Fsp3) is 0.400. The van der Waals surface area contributed by atoms with Gasteiger partial charge in [-0.2, -0.15) is 0 Å². The molecular weight excluding hydrogens is 276 g/mol. The second-order valence-corrected chi connectivity index (χ2v) is 5.54. The van der Waals surface area contributed by atoms with Crippen LogP contribution in [0, 0.1) is 0 Å². The van der Waals surface area contributed by atoms with Crippen molar-refractivity contribution >= 4 is 28.4 Å². The lowest BCUT2D eigenvalue weighted by atomic mass is 10.2. The Morgan fingerprint density at radius 1 is 1.40 bits per heavy atom. The van der Waals surface area contributed by atoms with Gasteiger partial charge in [-0.3, -0.25) is 4.79 Å². The molecule has 1 saturated heterocycles. The highest BCUT2D eigenvalue weighted by molar-refractivity contribution is 6.38. The molecule has 2 heterocycles. The fourth-order valence-corrected chi connectivity index (χ4v) is 3.12. The van der Waals surface area contributed by atoms with E-state index < -0.39 is 0 Å². The first-order valence-corrected chi connectivity index (χ1v) is 7.10.